The second kappa shape index (κ2) is 19.3. The van der Waals surface area contributed by atoms with E-state index in [1.54, 1.807) is 20.8 Å². The summed E-state index contributed by atoms with van der Waals surface area (Å²) in [5.41, 5.74) is 4.23. The Hall–Kier alpha value is -5.56. The van der Waals surface area contributed by atoms with Gasteiger partial charge in [-0.25, -0.2) is 4.79 Å². The number of aliphatic hydroxyl groups excluding tert-OH is 2. The standard InChI is InChI=1S/C44H53N5O7/c1-28(50)45-25-30-19-21-31(22-20-30)26-46-38(41(53)48-37-34-18-12-11-17-33(34)24-36(37)51)39(52)35(23-29-13-7-5-8-14-29)47-42(54)40(44(2,3)4)49-43(55)56-27-32-15-9-6-10-16-32/h5-22,35-40,46,51-52H,23-27H2,1-4H3,(H,45,50)(H,47,54)(H,48,53)(H,49,55)/t35-,36+,37-,38+,39-,40+/m0/s1. The fourth-order valence-electron chi connectivity index (χ4n) is 6.77. The summed E-state index contributed by atoms with van der Waals surface area (Å²) in [5, 5.41) is 37.9. The van der Waals surface area contributed by atoms with Crippen LogP contribution in [0, 0.1) is 5.41 Å². The summed E-state index contributed by atoms with van der Waals surface area (Å²) in [5.74, 6) is -1.27. The van der Waals surface area contributed by atoms with E-state index < -0.39 is 59.7 Å². The highest BCUT2D eigenvalue weighted by molar-refractivity contribution is 5.87. The van der Waals surface area contributed by atoms with Gasteiger partial charge >= 0.3 is 6.09 Å². The Bertz CT molecular complexity index is 1920. The van der Waals surface area contributed by atoms with Crippen molar-refractivity contribution in [1.29, 1.82) is 0 Å². The zero-order chi connectivity index (χ0) is 40.2. The molecule has 1 aliphatic rings. The molecule has 4 aromatic carbocycles. The number of benzene rings is 4. The van der Waals surface area contributed by atoms with Crippen molar-refractivity contribution in [2.24, 2.45) is 5.41 Å². The van der Waals surface area contributed by atoms with E-state index in [0.29, 0.717) is 13.0 Å². The SMILES string of the molecule is CC(=O)NCc1ccc(CN[C@@H](C(=O)N[C@H]2c3ccccc3C[C@H]2O)[C@@H](O)[C@H](Cc2ccccc2)NC(=O)[C@@H](NC(=O)OCc2ccccc2)C(C)(C)C)cc1. The third kappa shape index (κ3) is 11.7. The van der Waals surface area contributed by atoms with E-state index >= 15 is 0 Å². The van der Waals surface area contributed by atoms with Crippen LogP contribution in [0.3, 0.4) is 0 Å². The molecule has 56 heavy (non-hydrogen) atoms. The fourth-order valence-corrected chi connectivity index (χ4v) is 6.77. The van der Waals surface area contributed by atoms with E-state index in [0.717, 1.165) is 33.4 Å². The highest BCUT2D eigenvalue weighted by Gasteiger charge is 2.40. The molecule has 0 spiro atoms. The normalized spacial score (nSPS) is 17.0. The van der Waals surface area contributed by atoms with Crippen LogP contribution in [0.25, 0.3) is 0 Å². The van der Waals surface area contributed by atoms with Gasteiger partial charge in [0.25, 0.3) is 0 Å². The number of rotatable bonds is 16. The first kappa shape index (κ1) is 41.6. The van der Waals surface area contributed by atoms with Crippen LogP contribution in [0.4, 0.5) is 4.79 Å². The molecular formula is C44H53N5O7. The molecule has 0 radical (unpaired) electrons. The zero-order valence-electron chi connectivity index (χ0n) is 32.3. The number of nitrogens with one attached hydrogen (secondary N) is 5. The highest BCUT2D eigenvalue weighted by atomic mass is 16.5. The molecular weight excluding hydrogens is 711 g/mol. The van der Waals surface area contributed by atoms with Crippen molar-refractivity contribution in [2.75, 3.05) is 0 Å². The first-order chi connectivity index (χ1) is 26.8. The summed E-state index contributed by atoms with van der Waals surface area (Å²) >= 11 is 0. The molecule has 0 aliphatic heterocycles. The van der Waals surface area contributed by atoms with Crippen LogP contribution in [0.2, 0.25) is 0 Å². The van der Waals surface area contributed by atoms with Crippen molar-refractivity contribution in [3.8, 4) is 0 Å². The third-order valence-corrected chi connectivity index (χ3v) is 9.86. The number of hydrogen-bond acceptors (Lipinski definition) is 8. The van der Waals surface area contributed by atoms with Gasteiger partial charge < -0.3 is 36.2 Å². The number of fused-ring (bicyclic) bond motifs is 1. The molecule has 4 aromatic rings. The van der Waals surface area contributed by atoms with Crippen molar-refractivity contribution in [1.82, 2.24) is 26.6 Å². The molecule has 0 heterocycles. The van der Waals surface area contributed by atoms with Crippen molar-refractivity contribution in [3.05, 3.63) is 143 Å². The van der Waals surface area contributed by atoms with Gasteiger partial charge in [-0.15, -0.1) is 0 Å². The monoisotopic (exact) mass is 763 g/mol. The maximum atomic E-state index is 14.3. The number of carbonyl (C=O) groups is 4. The number of carbonyl (C=O) groups excluding carboxylic acids is 4. The number of alkyl carbamates (subject to hydrolysis) is 1. The largest absolute Gasteiger partial charge is 0.445 e. The lowest BCUT2D eigenvalue weighted by Crippen LogP contribution is -2.62. The van der Waals surface area contributed by atoms with Gasteiger partial charge in [-0.3, -0.25) is 19.7 Å². The van der Waals surface area contributed by atoms with Crippen LogP contribution in [0.1, 0.15) is 67.1 Å². The van der Waals surface area contributed by atoms with Crippen LogP contribution in [-0.4, -0.2) is 64.4 Å². The lowest BCUT2D eigenvalue weighted by Gasteiger charge is -2.35. The molecule has 12 heteroatoms. The minimum absolute atomic E-state index is 0.0150. The molecule has 4 amide bonds. The van der Waals surface area contributed by atoms with Gasteiger partial charge in [0.15, 0.2) is 0 Å². The van der Waals surface area contributed by atoms with Gasteiger partial charge in [0, 0.05) is 26.4 Å². The Labute approximate surface area is 328 Å². The maximum absolute atomic E-state index is 14.3. The van der Waals surface area contributed by atoms with Crippen LogP contribution in [0.5, 0.6) is 0 Å². The number of amides is 4. The summed E-state index contributed by atoms with van der Waals surface area (Å²) in [6.45, 7) is 7.43. The van der Waals surface area contributed by atoms with Crippen molar-refractivity contribution in [2.45, 2.75) is 96.6 Å². The van der Waals surface area contributed by atoms with E-state index in [1.807, 2.05) is 109 Å². The van der Waals surface area contributed by atoms with Gasteiger partial charge in [-0.2, -0.15) is 0 Å². The van der Waals surface area contributed by atoms with E-state index in [9.17, 15) is 29.4 Å². The predicted octanol–water partition coefficient (Wildman–Crippen LogP) is 3.98. The van der Waals surface area contributed by atoms with Crippen molar-refractivity contribution < 1.29 is 34.1 Å². The van der Waals surface area contributed by atoms with Gasteiger partial charge in [-0.05, 0) is 45.2 Å². The van der Waals surface area contributed by atoms with Crippen molar-refractivity contribution >= 4 is 23.8 Å². The van der Waals surface area contributed by atoms with E-state index in [4.69, 9.17) is 4.74 Å². The van der Waals surface area contributed by atoms with E-state index in [2.05, 4.69) is 26.6 Å². The summed E-state index contributed by atoms with van der Waals surface area (Å²) < 4.78 is 5.44. The topological polar surface area (TPSA) is 178 Å². The lowest BCUT2D eigenvalue weighted by atomic mass is 9.85. The van der Waals surface area contributed by atoms with Crippen molar-refractivity contribution in [3.63, 3.8) is 0 Å². The first-order valence-corrected chi connectivity index (χ1v) is 18.9. The number of aliphatic hydroxyl groups is 2. The minimum atomic E-state index is -1.49. The molecule has 0 saturated carbocycles. The molecule has 0 saturated heterocycles. The van der Waals surface area contributed by atoms with Crippen LogP contribution in [0.15, 0.2) is 109 Å². The zero-order valence-corrected chi connectivity index (χ0v) is 32.3. The second-order valence-corrected chi connectivity index (χ2v) is 15.3. The molecule has 0 bridgehead atoms. The summed E-state index contributed by atoms with van der Waals surface area (Å²) in [6.07, 6.45) is -2.61. The van der Waals surface area contributed by atoms with E-state index in [1.165, 1.54) is 6.92 Å². The average Bonchev–Trinajstić information content (AvgIpc) is 3.49. The molecule has 296 valence electrons. The molecule has 12 nitrogen and oxygen atoms in total. The highest BCUT2D eigenvalue weighted by Crippen LogP contribution is 2.31. The van der Waals surface area contributed by atoms with Crippen LogP contribution < -0.4 is 26.6 Å². The van der Waals surface area contributed by atoms with Gasteiger partial charge in [0.2, 0.25) is 17.7 Å². The number of hydrogen-bond donors (Lipinski definition) is 7. The lowest BCUT2D eigenvalue weighted by molar-refractivity contribution is -0.131. The van der Waals surface area contributed by atoms with Gasteiger partial charge in [0.05, 0.1) is 24.3 Å². The molecule has 7 N–H and O–H groups in total. The molecule has 1 aliphatic carbocycles. The Kier molecular flexibility index (Phi) is 14.4. The van der Waals surface area contributed by atoms with Crippen LogP contribution >= 0.6 is 0 Å². The maximum Gasteiger partial charge on any atom is 0.408 e. The number of ether oxygens (including phenoxy) is 1. The Morgan fingerprint density at radius 2 is 1.34 bits per heavy atom. The van der Waals surface area contributed by atoms with E-state index in [-0.39, 0.29) is 25.5 Å². The molecule has 6 atom stereocenters. The Morgan fingerprint density at radius 3 is 1.96 bits per heavy atom. The summed E-state index contributed by atoms with van der Waals surface area (Å²) in [4.78, 5) is 52.9. The van der Waals surface area contributed by atoms with Crippen LogP contribution in [-0.2, 0) is 51.7 Å². The van der Waals surface area contributed by atoms with Gasteiger partial charge in [-0.1, -0.05) is 130 Å². The summed E-state index contributed by atoms with van der Waals surface area (Å²) in [6, 6.07) is 29.4. The fraction of sp³-hybridized carbons (Fsp3) is 0.364. The molecule has 0 unspecified atom stereocenters. The Morgan fingerprint density at radius 1 is 0.750 bits per heavy atom. The average molecular weight is 764 g/mol. The van der Waals surface area contributed by atoms with Gasteiger partial charge in [0.1, 0.15) is 18.7 Å². The molecule has 0 fully saturated rings. The third-order valence-electron chi connectivity index (χ3n) is 9.86. The molecule has 0 aromatic heterocycles. The second-order valence-electron chi connectivity index (χ2n) is 15.3. The first-order valence-electron chi connectivity index (χ1n) is 18.9. The molecule has 5 rings (SSSR count). The Balaban J connectivity index is 1.40. The smallest absolute Gasteiger partial charge is 0.408 e. The minimum Gasteiger partial charge on any atom is -0.445 e. The summed E-state index contributed by atoms with van der Waals surface area (Å²) in [7, 11) is 0. The predicted molar refractivity (Wildman–Crippen MR) is 213 cm³/mol. The quantitative estimate of drug-likeness (QED) is 0.0897.